The number of ether oxygens (including phenoxy) is 1. The van der Waals surface area contributed by atoms with Crippen molar-refractivity contribution in [1.29, 1.82) is 0 Å². The molecule has 0 bridgehead atoms. The van der Waals surface area contributed by atoms with Gasteiger partial charge in [-0.25, -0.2) is 22.9 Å². The van der Waals surface area contributed by atoms with Crippen LogP contribution in [0.4, 0.5) is 0 Å². The van der Waals surface area contributed by atoms with Gasteiger partial charge in [-0.1, -0.05) is 18.2 Å². The van der Waals surface area contributed by atoms with Crippen LogP contribution in [0.25, 0.3) is 10.2 Å². The number of nitrogens with zero attached hydrogens (tertiary/aromatic N) is 1. The number of fused-ring (bicyclic) bond motifs is 1. The molecule has 0 atom stereocenters. The van der Waals surface area contributed by atoms with Gasteiger partial charge in [-0.3, -0.25) is 0 Å². The second-order valence-corrected chi connectivity index (χ2v) is 8.48. The summed E-state index contributed by atoms with van der Waals surface area (Å²) in [4.78, 5) is 16.1. The van der Waals surface area contributed by atoms with Crippen LogP contribution < -0.4 is 4.72 Å². The second kappa shape index (κ2) is 7.94. The number of hydrogen-bond donors (Lipinski definition) is 1. The Labute approximate surface area is 155 Å². The van der Waals surface area contributed by atoms with Crippen LogP contribution in [0.5, 0.6) is 0 Å². The molecular weight excluding hydrogens is 372 g/mol. The summed E-state index contributed by atoms with van der Waals surface area (Å²) in [5.74, 6) is -0.571. The lowest BCUT2D eigenvalue weighted by atomic mass is 10.2. The van der Waals surface area contributed by atoms with E-state index in [0.29, 0.717) is 19.4 Å². The number of carbonyl (C=O) groups excluding carboxylic acids is 1. The van der Waals surface area contributed by atoms with Gasteiger partial charge in [-0.15, -0.1) is 11.3 Å². The SMILES string of the molecule is COC(=O)c1cccc(S(=O)(=O)NCCCc2nc3ccccc3s2)c1. The van der Waals surface area contributed by atoms with E-state index < -0.39 is 16.0 Å². The molecule has 0 aliphatic heterocycles. The molecule has 8 heteroatoms. The minimum atomic E-state index is -3.68. The smallest absolute Gasteiger partial charge is 0.337 e. The number of para-hydroxylation sites is 1. The summed E-state index contributed by atoms with van der Waals surface area (Å²) in [5, 5.41) is 0.984. The molecule has 6 nitrogen and oxygen atoms in total. The first-order chi connectivity index (χ1) is 12.5. The number of benzene rings is 2. The maximum atomic E-state index is 12.4. The van der Waals surface area contributed by atoms with Crippen molar-refractivity contribution in [3.8, 4) is 0 Å². The van der Waals surface area contributed by atoms with Crippen LogP contribution in [0.3, 0.4) is 0 Å². The number of esters is 1. The third-order valence-corrected chi connectivity index (χ3v) is 6.32. The van der Waals surface area contributed by atoms with Crippen LogP contribution in [0.2, 0.25) is 0 Å². The number of hydrogen-bond acceptors (Lipinski definition) is 6. The molecule has 136 valence electrons. The molecule has 0 unspecified atom stereocenters. The fourth-order valence-corrected chi connectivity index (χ4v) is 4.59. The van der Waals surface area contributed by atoms with E-state index in [4.69, 9.17) is 0 Å². The van der Waals surface area contributed by atoms with E-state index in [1.165, 1.54) is 31.4 Å². The van der Waals surface area contributed by atoms with Crippen LogP contribution in [0.15, 0.2) is 53.4 Å². The Balaban J connectivity index is 1.59. The molecule has 0 amide bonds. The molecule has 0 saturated carbocycles. The monoisotopic (exact) mass is 390 g/mol. The molecule has 1 N–H and O–H groups in total. The van der Waals surface area contributed by atoms with Crippen molar-refractivity contribution in [3.05, 3.63) is 59.1 Å². The van der Waals surface area contributed by atoms with Gasteiger partial charge in [0.2, 0.25) is 10.0 Å². The summed E-state index contributed by atoms with van der Waals surface area (Å²) in [7, 11) is -2.42. The first-order valence-electron chi connectivity index (χ1n) is 8.02. The van der Waals surface area contributed by atoms with Crippen LogP contribution in [0.1, 0.15) is 21.8 Å². The highest BCUT2D eigenvalue weighted by molar-refractivity contribution is 7.89. The van der Waals surface area contributed by atoms with Crippen LogP contribution in [-0.2, 0) is 21.2 Å². The van der Waals surface area contributed by atoms with Crippen molar-refractivity contribution >= 4 is 37.5 Å². The predicted molar refractivity (Wildman–Crippen MR) is 101 cm³/mol. The Morgan fingerprint density at radius 1 is 1.19 bits per heavy atom. The molecule has 3 aromatic rings. The van der Waals surface area contributed by atoms with E-state index in [2.05, 4.69) is 14.4 Å². The fourth-order valence-electron chi connectivity index (χ4n) is 2.46. The number of nitrogens with one attached hydrogen (secondary N) is 1. The fraction of sp³-hybridized carbons (Fsp3) is 0.222. The molecule has 1 heterocycles. The van der Waals surface area contributed by atoms with Gasteiger partial charge in [0, 0.05) is 13.0 Å². The van der Waals surface area contributed by atoms with E-state index >= 15 is 0 Å². The van der Waals surface area contributed by atoms with Crippen LogP contribution in [-0.4, -0.2) is 33.0 Å². The number of carbonyl (C=O) groups is 1. The molecule has 0 spiro atoms. The third-order valence-electron chi connectivity index (χ3n) is 3.76. The van der Waals surface area contributed by atoms with Crippen molar-refractivity contribution in [3.63, 3.8) is 0 Å². The highest BCUT2D eigenvalue weighted by Gasteiger charge is 2.16. The summed E-state index contributed by atoms with van der Waals surface area (Å²) < 4.78 is 33.0. The van der Waals surface area contributed by atoms with Crippen molar-refractivity contribution < 1.29 is 17.9 Å². The molecule has 0 fully saturated rings. The predicted octanol–water partition coefficient (Wildman–Crippen LogP) is 2.99. The highest BCUT2D eigenvalue weighted by atomic mass is 32.2. The Bertz CT molecular complexity index is 995. The zero-order chi connectivity index (χ0) is 18.6. The van der Waals surface area contributed by atoms with Gasteiger partial charge in [-0.05, 0) is 36.8 Å². The van der Waals surface area contributed by atoms with Crippen molar-refractivity contribution in [2.24, 2.45) is 0 Å². The number of aromatic nitrogens is 1. The molecule has 0 saturated heterocycles. The number of sulfonamides is 1. The molecule has 2 aromatic carbocycles. The summed E-state index contributed by atoms with van der Waals surface area (Å²) >= 11 is 1.62. The summed E-state index contributed by atoms with van der Waals surface area (Å²) in [6.07, 6.45) is 1.33. The zero-order valence-electron chi connectivity index (χ0n) is 14.1. The average Bonchev–Trinajstić information content (AvgIpc) is 3.07. The molecule has 0 radical (unpaired) electrons. The van der Waals surface area contributed by atoms with Crippen molar-refractivity contribution in [2.45, 2.75) is 17.7 Å². The number of thiazole rings is 1. The minimum Gasteiger partial charge on any atom is -0.465 e. The highest BCUT2D eigenvalue weighted by Crippen LogP contribution is 2.22. The molecular formula is C18H18N2O4S2. The van der Waals surface area contributed by atoms with Gasteiger partial charge in [0.1, 0.15) is 0 Å². The topological polar surface area (TPSA) is 85.4 Å². The van der Waals surface area contributed by atoms with Gasteiger partial charge in [0.25, 0.3) is 0 Å². The van der Waals surface area contributed by atoms with Crippen LogP contribution in [0, 0.1) is 0 Å². The van der Waals surface area contributed by atoms with Gasteiger partial charge < -0.3 is 4.74 Å². The molecule has 26 heavy (non-hydrogen) atoms. The number of rotatable bonds is 7. The standard InChI is InChI=1S/C18H18N2O4S2/c1-24-18(21)13-6-4-7-14(12-13)26(22,23)19-11-5-10-17-20-15-8-2-3-9-16(15)25-17/h2-4,6-9,12,19H,5,10-11H2,1H3. The van der Waals surface area contributed by atoms with E-state index in [9.17, 15) is 13.2 Å². The van der Waals surface area contributed by atoms with Gasteiger partial charge in [0.15, 0.2) is 0 Å². The molecule has 1 aromatic heterocycles. The second-order valence-electron chi connectivity index (χ2n) is 5.60. The number of aryl methyl sites for hydroxylation is 1. The lowest BCUT2D eigenvalue weighted by Crippen LogP contribution is -2.25. The summed E-state index contributed by atoms with van der Waals surface area (Å²) in [6.45, 7) is 0.292. The van der Waals surface area contributed by atoms with E-state index in [1.54, 1.807) is 11.3 Å². The Morgan fingerprint density at radius 3 is 2.77 bits per heavy atom. The Hall–Kier alpha value is -2.29. The Morgan fingerprint density at radius 2 is 2.00 bits per heavy atom. The lowest BCUT2D eigenvalue weighted by molar-refractivity contribution is 0.0600. The van der Waals surface area contributed by atoms with Gasteiger partial charge >= 0.3 is 5.97 Å². The van der Waals surface area contributed by atoms with E-state index in [-0.39, 0.29) is 10.5 Å². The quantitative estimate of drug-likeness (QED) is 0.495. The summed E-state index contributed by atoms with van der Waals surface area (Å²) in [6, 6.07) is 13.7. The van der Waals surface area contributed by atoms with Crippen LogP contribution >= 0.6 is 11.3 Å². The van der Waals surface area contributed by atoms with E-state index in [0.717, 1.165) is 15.2 Å². The normalized spacial score (nSPS) is 11.6. The van der Waals surface area contributed by atoms with Gasteiger partial charge in [0.05, 0.1) is 32.8 Å². The lowest BCUT2D eigenvalue weighted by Gasteiger charge is -2.07. The first-order valence-corrected chi connectivity index (χ1v) is 10.3. The number of methoxy groups -OCH3 is 1. The van der Waals surface area contributed by atoms with E-state index in [1.807, 2.05) is 24.3 Å². The third kappa shape index (κ3) is 4.27. The molecule has 3 rings (SSSR count). The van der Waals surface area contributed by atoms with Gasteiger partial charge in [-0.2, -0.15) is 0 Å². The van der Waals surface area contributed by atoms with Crippen molar-refractivity contribution in [2.75, 3.05) is 13.7 Å². The zero-order valence-corrected chi connectivity index (χ0v) is 15.8. The molecule has 0 aliphatic rings. The van der Waals surface area contributed by atoms with Crippen molar-refractivity contribution in [1.82, 2.24) is 9.71 Å². The minimum absolute atomic E-state index is 0.0420. The maximum absolute atomic E-state index is 12.4. The average molecular weight is 390 g/mol. The first kappa shape index (κ1) is 18.5. The largest absolute Gasteiger partial charge is 0.465 e. The maximum Gasteiger partial charge on any atom is 0.337 e. The Kier molecular flexibility index (Phi) is 5.65. The molecule has 0 aliphatic carbocycles. The summed E-state index contributed by atoms with van der Waals surface area (Å²) in [5.41, 5.74) is 1.16.